The van der Waals surface area contributed by atoms with Crippen molar-refractivity contribution in [3.8, 4) is 0 Å². The van der Waals surface area contributed by atoms with E-state index in [1.807, 2.05) is 5.57 Å². The van der Waals surface area contributed by atoms with E-state index in [2.05, 4.69) is 17.1 Å². The lowest BCUT2D eigenvalue weighted by Gasteiger charge is -2.46. The van der Waals surface area contributed by atoms with Crippen LogP contribution in [0.15, 0.2) is 34.8 Å². The molecule has 3 heteroatoms. The van der Waals surface area contributed by atoms with Gasteiger partial charge in [0.05, 0.1) is 18.0 Å². The molecule has 10 rings (SSSR count). The number of allylic oxidation sites excluding steroid dienone is 3. The van der Waals surface area contributed by atoms with Crippen LogP contribution in [0.25, 0.3) is 0 Å². The van der Waals surface area contributed by atoms with Crippen LogP contribution in [0.3, 0.4) is 0 Å². The highest BCUT2D eigenvalue weighted by Gasteiger charge is 2.53. The third-order valence-corrected chi connectivity index (χ3v) is 15.4. The number of fused-ring (bicyclic) bond motifs is 7. The van der Waals surface area contributed by atoms with Crippen LogP contribution in [-0.2, 0) is 9.47 Å². The molecule has 0 radical (unpaired) electrons. The van der Waals surface area contributed by atoms with Crippen LogP contribution in [-0.4, -0.2) is 35.3 Å². The van der Waals surface area contributed by atoms with Crippen molar-refractivity contribution in [2.45, 2.75) is 159 Å². The number of rotatable bonds is 3. The molecule has 3 heterocycles. The molecule has 0 amide bonds. The molecule has 10 aliphatic rings. The molecule has 0 N–H and O–H groups in total. The highest BCUT2D eigenvalue weighted by atomic mass is 16.5. The van der Waals surface area contributed by atoms with Crippen LogP contribution in [0.5, 0.6) is 0 Å². The maximum absolute atomic E-state index is 6.83. The summed E-state index contributed by atoms with van der Waals surface area (Å²) in [6.07, 6.45) is 34.8. The normalized spacial score (nSPS) is 49.6. The minimum Gasteiger partial charge on any atom is -0.494 e. The summed E-state index contributed by atoms with van der Waals surface area (Å²) in [5.41, 5.74) is 5.30. The zero-order valence-corrected chi connectivity index (χ0v) is 26.1. The molecular weight excluding hydrogens is 514 g/mol. The second kappa shape index (κ2) is 10.1. The molecule has 7 aliphatic carbocycles. The molecular formula is C39H55NO2. The van der Waals surface area contributed by atoms with Gasteiger partial charge in [0, 0.05) is 36.0 Å². The summed E-state index contributed by atoms with van der Waals surface area (Å²) in [7, 11) is 0. The molecule has 5 saturated carbocycles. The van der Waals surface area contributed by atoms with Gasteiger partial charge in [0.1, 0.15) is 6.10 Å². The summed E-state index contributed by atoms with van der Waals surface area (Å²) < 4.78 is 13.6. The summed E-state index contributed by atoms with van der Waals surface area (Å²) in [5.74, 6) is 8.73. The average Bonchev–Trinajstić information content (AvgIpc) is 3.79. The van der Waals surface area contributed by atoms with Gasteiger partial charge >= 0.3 is 0 Å². The summed E-state index contributed by atoms with van der Waals surface area (Å²) in [5, 5.41) is 0. The number of nitrogens with zero attached hydrogens (tertiary/aromatic N) is 1. The second-order valence-electron chi connectivity index (χ2n) is 16.9. The number of hydrogen-bond donors (Lipinski definition) is 0. The minimum absolute atomic E-state index is 0.495. The maximum atomic E-state index is 6.83. The van der Waals surface area contributed by atoms with Gasteiger partial charge in [0.15, 0.2) is 0 Å². The first-order valence-corrected chi connectivity index (χ1v) is 19.0. The SMILES string of the molecule is C1=CC2=C(CC1)C1CCC1N2C1CCC2OC3=C(CC(C4CCC5OC6CCC(C7CCCC7)CC6C5C4)CC3)C2C1. The molecule has 0 bridgehead atoms. The van der Waals surface area contributed by atoms with Gasteiger partial charge in [-0.15, -0.1) is 0 Å². The van der Waals surface area contributed by atoms with Gasteiger partial charge in [-0.2, -0.15) is 0 Å². The topological polar surface area (TPSA) is 21.7 Å². The molecule has 1 saturated heterocycles. The lowest BCUT2D eigenvalue weighted by molar-refractivity contribution is -0.0106. The number of hydrogen-bond acceptors (Lipinski definition) is 3. The van der Waals surface area contributed by atoms with Gasteiger partial charge in [-0.05, 0) is 149 Å². The van der Waals surface area contributed by atoms with Crippen molar-refractivity contribution in [2.24, 2.45) is 47.3 Å². The first kappa shape index (κ1) is 26.0. The highest BCUT2D eigenvalue weighted by molar-refractivity contribution is 5.39. The molecule has 12 unspecified atom stereocenters. The van der Waals surface area contributed by atoms with Crippen molar-refractivity contribution in [1.82, 2.24) is 4.90 Å². The Kier molecular flexibility index (Phi) is 6.29. The molecule has 0 aromatic carbocycles. The van der Waals surface area contributed by atoms with E-state index in [4.69, 9.17) is 9.47 Å². The van der Waals surface area contributed by atoms with Gasteiger partial charge in [0.2, 0.25) is 0 Å². The van der Waals surface area contributed by atoms with Gasteiger partial charge in [0.25, 0.3) is 0 Å². The molecule has 228 valence electrons. The quantitative estimate of drug-likeness (QED) is 0.338. The number of ether oxygens (including phenoxy) is 2. The van der Waals surface area contributed by atoms with Crippen LogP contribution in [0.4, 0.5) is 0 Å². The van der Waals surface area contributed by atoms with Crippen molar-refractivity contribution in [2.75, 3.05) is 0 Å². The van der Waals surface area contributed by atoms with Crippen molar-refractivity contribution in [1.29, 1.82) is 0 Å². The van der Waals surface area contributed by atoms with Crippen LogP contribution >= 0.6 is 0 Å². The monoisotopic (exact) mass is 569 g/mol. The van der Waals surface area contributed by atoms with E-state index >= 15 is 0 Å². The van der Waals surface area contributed by atoms with E-state index in [1.54, 1.807) is 11.3 Å². The Hall–Kier alpha value is -1.22. The molecule has 6 fully saturated rings. The Morgan fingerprint density at radius 2 is 1.40 bits per heavy atom. The average molecular weight is 570 g/mol. The Balaban J connectivity index is 0.830. The lowest BCUT2D eigenvalue weighted by Crippen LogP contribution is -2.49. The first-order chi connectivity index (χ1) is 20.8. The molecule has 0 spiro atoms. The first-order valence-electron chi connectivity index (χ1n) is 19.0. The molecule has 0 aromatic heterocycles. The molecule has 3 aliphatic heterocycles. The van der Waals surface area contributed by atoms with E-state index in [-0.39, 0.29) is 0 Å². The zero-order chi connectivity index (χ0) is 27.4. The van der Waals surface area contributed by atoms with Crippen molar-refractivity contribution >= 4 is 0 Å². The van der Waals surface area contributed by atoms with E-state index in [1.165, 1.54) is 134 Å². The Bertz CT molecular complexity index is 1180. The van der Waals surface area contributed by atoms with E-state index in [0.29, 0.717) is 24.2 Å². The van der Waals surface area contributed by atoms with Crippen molar-refractivity contribution in [3.63, 3.8) is 0 Å². The summed E-state index contributed by atoms with van der Waals surface area (Å²) in [6.45, 7) is 0. The van der Waals surface area contributed by atoms with Gasteiger partial charge < -0.3 is 14.4 Å². The molecule has 0 aromatic rings. The summed E-state index contributed by atoms with van der Waals surface area (Å²) >= 11 is 0. The maximum Gasteiger partial charge on any atom is 0.105 e. The van der Waals surface area contributed by atoms with E-state index in [9.17, 15) is 0 Å². The van der Waals surface area contributed by atoms with Gasteiger partial charge in [-0.25, -0.2) is 0 Å². The third-order valence-electron chi connectivity index (χ3n) is 15.4. The molecule has 3 nitrogen and oxygen atoms in total. The summed E-state index contributed by atoms with van der Waals surface area (Å²) in [4.78, 5) is 2.97. The van der Waals surface area contributed by atoms with E-state index < -0.39 is 0 Å². The predicted molar refractivity (Wildman–Crippen MR) is 166 cm³/mol. The van der Waals surface area contributed by atoms with Crippen LogP contribution < -0.4 is 0 Å². The smallest absolute Gasteiger partial charge is 0.105 e. The fourth-order valence-electron chi connectivity index (χ4n) is 13.3. The Labute approximate surface area is 254 Å². The van der Waals surface area contributed by atoms with Gasteiger partial charge in [-0.1, -0.05) is 31.8 Å². The van der Waals surface area contributed by atoms with Crippen molar-refractivity contribution < 1.29 is 9.47 Å². The fraction of sp³-hybridized carbons (Fsp3) is 0.846. The third kappa shape index (κ3) is 3.99. The lowest BCUT2D eigenvalue weighted by atomic mass is 9.62. The van der Waals surface area contributed by atoms with Crippen molar-refractivity contribution in [3.05, 3.63) is 34.8 Å². The van der Waals surface area contributed by atoms with Crippen LogP contribution in [0, 0.1) is 47.3 Å². The Morgan fingerprint density at radius 1 is 0.619 bits per heavy atom. The van der Waals surface area contributed by atoms with Gasteiger partial charge in [-0.3, -0.25) is 0 Å². The predicted octanol–water partition coefficient (Wildman–Crippen LogP) is 9.10. The van der Waals surface area contributed by atoms with Crippen LogP contribution in [0.1, 0.15) is 128 Å². The molecule has 42 heavy (non-hydrogen) atoms. The molecule has 12 atom stereocenters. The minimum atomic E-state index is 0.495. The van der Waals surface area contributed by atoms with E-state index in [0.717, 1.165) is 53.5 Å². The zero-order valence-electron chi connectivity index (χ0n) is 26.1. The summed E-state index contributed by atoms with van der Waals surface area (Å²) in [6, 6.07) is 1.57. The largest absolute Gasteiger partial charge is 0.494 e. The second-order valence-corrected chi connectivity index (χ2v) is 16.9. The highest BCUT2D eigenvalue weighted by Crippen LogP contribution is 2.57. The fourth-order valence-corrected chi connectivity index (χ4v) is 13.3. The standard InChI is InChI=1S/C39H55NO2/c1-2-6-23(5-1)24-9-15-36-30(19-24)31-20-25(10-16-37(31)41-36)26-11-17-38-32(21-26)33-22-27(12-18-39(33)42-38)40-34-8-4-3-7-28(34)29-13-14-35(29)40/h4,8,23-27,29-31,33,35-37,39H,1-3,5-7,9-22H2. The Morgan fingerprint density at radius 3 is 2.19 bits per heavy atom. The van der Waals surface area contributed by atoms with Crippen LogP contribution in [0.2, 0.25) is 0 Å².